The average Bonchev–Trinajstić information content (AvgIpc) is 2.66. The van der Waals surface area contributed by atoms with Crippen LogP contribution in [-0.4, -0.2) is 10.4 Å². The molecule has 0 saturated carbocycles. The number of hydrogen-bond donors (Lipinski definition) is 0. The Kier molecular flexibility index (Phi) is 2.64. The predicted octanol–water partition coefficient (Wildman–Crippen LogP) is 2.59. The molecule has 15 heavy (non-hydrogen) atoms. The molecule has 0 bridgehead atoms. The van der Waals surface area contributed by atoms with Crippen LogP contribution in [0.3, 0.4) is 0 Å². The summed E-state index contributed by atoms with van der Waals surface area (Å²) in [5.41, 5.74) is 2.02. The van der Waals surface area contributed by atoms with Gasteiger partial charge < -0.3 is 4.57 Å². The van der Waals surface area contributed by atoms with Gasteiger partial charge in [-0.1, -0.05) is 12.8 Å². The van der Waals surface area contributed by atoms with Crippen molar-refractivity contribution in [2.45, 2.75) is 38.6 Å². The maximum Gasteiger partial charge on any atom is 0.164 e. The number of carbonyl (C=O) groups is 1. The number of nitrogens with zero attached hydrogens (tertiary/aromatic N) is 1. The van der Waals surface area contributed by atoms with E-state index in [2.05, 4.69) is 17.4 Å². The standard InChI is InChI=1S/C13H15NO/c1-3-10(4-2)14-9-8-11-12(14)6-5-7-13(11)15/h1,8-10H,4-7H2,2H3. The van der Waals surface area contributed by atoms with Gasteiger partial charge in [-0.05, 0) is 25.3 Å². The molecule has 0 aromatic carbocycles. The van der Waals surface area contributed by atoms with Gasteiger partial charge in [-0.2, -0.15) is 0 Å². The molecule has 0 N–H and O–H groups in total. The van der Waals surface area contributed by atoms with E-state index < -0.39 is 0 Å². The molecule has 0 aliphatic heterocycles. The molecule has 0 saturated heterocycles. The van der Waals surface area contributed by atoms with Crippen LogP contribution < -0.4 is 0 Å². The van der Waals surface area contributed by atoms with E-state index in [4.69, 9.17) is 6.42 Å². The molecule has 2 rings (SSSR count). The first kappa shape index (κ1) is 10.0. The Balaban J connectivity index is 2.43. The zero-order valence-corrected chi connectivity index (χ0v) is 8.99. The molecular weight excluding hydrogens is 186 g/mol. The highest BCUT2D eigenvalue weighted by atomic mass is 16.1. The number of carbonyl (C=O) groups excluding carboxylic acids is 1. The van der Waals surface area contributed by atoms with Crippen LogP contribution in [0.1, 0.15) is 48.3 Å². The van der Waals surface area contributed by atoms with Gasteiger partial charge in [0.15, 0.2) is 5.78 Å². The van der Waals surface area contributed by atoms with Crippen LogP contribution in [0.2, 0.25) is 0 Å². The molecular formula is C13H15NO. The van der Waals surface area contributed by atoms with E-state index in [9.17, 15) is 4.79 Å². The highest BCUT2D eigenvalue weighted by molar-refractivity contribution is 5.98. The van der Waals surface area contributed by atoms with E-state index in [0.29, 0.717) is 6.42 Å². The fourth-order valence-electron chi connectivity index (χ4n) is 2.24. The molecule has 1 atom stereocenters. The van der Waals surface area contributed by atoms with Crippen molar-refractivity contribution in [3.8, 4) is 12.3 Å². The highest BCUT2D eigenvalue weighted by Crippen LogP contribution is 2.25. The summed E-state index contributed by atoms with van der Waals surface area (Å²) in [5, 5.41) is 0. The Morgan fingerprint density at radius 3 is 3.07 bits per heavy atom. The lowest BCUT2D eigenvalue weighted by Gasteiger charge is -2.18. The Bertz CT molecular complexity index is 422. The summed E-state index contributed by atoms with van der Waals surface area (Å²) < 4.78 is 2.09. The molecule has 2 nitrogen and oxygen atoms in total. The predicted molar refractivity (Wildman–Crippen MR) is 59.9 cm³/mol. The molecule has 2 heteroatoms. The zero-order valence-electron chi connectivity index (χ0n) is 8.99. The second-order valence-corrected chi connectivity index (χ2v) is 3.95. The second kappa shape index (κ2) is 3.94. The normalized spacial score (nSPS) is 16.9. The maximum atomic E-state index is 11.6. The van der Waals surface area contributed by atoms with Crippen molar-refractivity contribution < 1.29 is 4.79 Å². The van der Waals surface area contributed by atoms with Crippen LogP contribution in [0.25, 0.3) is 0 Å². The molecule has 1 unspecified atom stereocenters. The molecule has 0 radical (unpaired) electrons. The summed E-state index contributed by atoms with van der Waals surface area (Å²) >= 11 is 0. The van der Waals surface area contributed by atoms with Gasteiger partial charge in [0.2, 0.25) is 0 Å². The third kappa shape index (κ3) is 1.59. The van der Waals surface area contributed by atoms with Gasteiger partial charge in [-0.3, -0.25) is 4.79 Å². The fraction of sp³-hybridized carbons (Fsp3) is 0.462. The van der Waals surface area contributed by atoms with Crippen LogP contribution in [0.5, 0.6) is 0 Å². The van der Waals surface area contributed by atoms with Gasteiger partial charge in [0.25, 0.3) is 0 Å². The average molecular weight is 201 g/mol. The van der Waals surface area contributed by atoms with Crippen LogP contribution >= 0.6 is 0 Å². The van der Waals surface area contributed by atoms with Crippen molar-refractivity contribution in [2.75, 3.05) is 0 Å². The molecule has 1 aromatic heterocycles. The van der Waals surface area contributed by atoms with E-state index in [1.807, 2.05) is 12.3 Å². The lowest BCUT2D eigenvalue weighted by Crippen LogP contribution is -2.15. The van der Waals surface area contributed by atoms with Crippen molar-refractivity contribution >= 4 is 5.78 Å². The first-order chi connectivity index (χ1) is 7.27. The number of fused-ring (bicyclic) bond motifs is 1. The number of aromatic nitrogens is 1. The third-order valence-electron chi connectivity index (χ3n) is 3.06. The number of terminal acetylenes is 1. The lowest BCUT2D eigenvalue weighted by molar-refractivity contribution is 0.0971. The number of hydrogen-bond acceptors (Lipinski definition) is 1. The molecule has 0 amide bonds. The Labute approximate surface area is 90.3 Å². The summed E-state index contributed by atoms with van der Waals surface area (Å²) in [6.45, 7) is 2.07. The van der Waals surface area contributed by atoms with Crippen LogP contribution in [0, 0.1) is 12.3 Å². The van der Waals surface area contributed by atoms with Gasteiger partial charge in [-0.25, -0.2) is 0 Å². The van der Waals surface area contributed by atoms with Gasteiger partial charge in [0.1, 0.15) is 0 Å². The number of ketones is 1. The van der Waals surface area contributed by atoms with E-state index >= 15 is 0 Å². The SMILES string of the molecule is C#CC(CC)n1ccc2c1CCCC2=O. The van der Waals surface area contributed by atoms with Crippen molar-refractivity contribution in [2.24, 2.45) is 0 Å². The number of rotatable bonds is 2. The quantitative estimate of drug-likeness (QED) is 0.674. The molecule has 1 aliphatic carbocycles. The molecule has 1 heterocycles. The van der Waals surface area contributed by atoms with Gasteiger partial charge >= 0.3 is 0 Å². The minimum Gasteiger partial charge on any atom is -0.337 e. The number of Topliss-reactive ketones (excluding diaryl/α,β-unsaturated/α-hetero) is 1. The molecule has 78 valence electrons. The highest BCUT2D eigenvalue weighted by Gasteiger charge is 2.22. The summed E-state index contributed by atoms with van der Waals surface area (Å²) in [6.07, 6.45) is 11.0. The van der Waals surface area contributed by atoms with Gasteiger partial charge in [0, 0.05) is 23.9 Å². The van der Waals surface area contributed by atoms with E-state index in [1.54, 1.807) is 0 Å². The minimum atomic E-state index is 0.0969. The Hall–Kier alpha value is -1.49. The van der Waals surface area contributed by atoms with Gasteiger partial charge in [0.05, 0.1) is 6.04 Å². The Morgan fingerprint density at radius 1 is 1.60 bits per heavy atom. The van der Waals surface area contributed by atoms with Gasteiger partial charge in [-0.15, -0.1) is 6.42 Å². The summed E-state index contributed by atoms with van der Waals surface area (Å²) in [6, 6.07) is 2.01. The van der Waals surface area contributed by atoms with Crippen molar-refractivity contribution in [3.63, 3.8) is 0 Å². The van der Waals surface area contributed by atoms with E-state index in [1.165, 1.54) is 0 Å². The fourth-order valence-corrected chi connectivity index (χ4v) is 2.24. The second-order valence-electron chi connectivity index (χ2n) is 3.95. The summed E-state index contributed by atoms with van der Waals surface area (Å²) in [4.78, 5) is 11.6. The topological polar surface area (TPSA) is 22.0 Å². The molecule has 0 spiro atoms. The maximum absolute atomic E-state index is 11.6. The van der Waals surface area contributed by atoms with E-state index in [-0.39, 0.29) is 11.8 Å². The lowest BCUT2D eigenvalue weighted by atomic mass is 9.96. The first-order valence-electron chi connectivity index (χ1n) is 5.47. The summed E-state index contributed by atoms with van der Waals surface area (Å²) in [5.74, 6) is 3.04. The zero-order chi connectivity index (χ0) is 10.8. The largest absolute Gasteiger partial charge is 0.337 e. The molecule has 0 fully saturated rings. The third-order valence-corrected chi connectivity index (χ3v) is 3.06. The van der Waals surface area contributed by atoms with E-state index in [0.717, 1.165) is 30.5 Å². The van der Waals surface area contributed by atoms with Crippen LogP contribution in [-0.2, 0) is 6.42 Å². The first-order valence-corrected chi connectivity index (χ1v) is 5.47. The summed E-state index contributed by atoms with van der Waals surface area (Å²) in [7, 11) is 0. The monoisotopic (exact) mass is 201 g/mol. The Morgan fingerprint density at radius 2 is 2.40 bits per heavy atom. The van der Waals surface area contributed by atoms with Crippen LogP contribution in [0.15, 0.2) is 12.3 Å². The van der Waals surface area contributed by atoms with Crippen molar-refractivity contribution in [1.82, 2.24) is 4.57 Å². The van der Waals surface area contributed by atoms with Crippen LogP contribution in [0.4, 0.5) is 0 Å². The van der Waals surface area contributed by atoms with Crippen molar-refractivity contribution in [1.29, 1.82) is 0 Å². The smallest absolute Gasteiger partial charge is 0.164 e. The molecule has 1 aliphatic rings. The molecule has 1 aromatic rings. The minimum absolute atomic E-state index is 0.0969. The van der Waals surface area contributed by atoms with Crippen molar-refractivity contribution in [3.05, 3.63) is 23.5 Å².